The van der Waals surface area contributed by atoms with E-state index in [4.69, 9.17) is 4.42 Å². The number of carbonyl (C=O) groups is 2. The van der Waals surface area contributed by atoms with Gasteiger partial charge in [-0.25, -0.2) is 4.68 Å². The predicted molar refractivity (Wildman–Crippen MR) is 106 cm³/mol. The molecule has 0 bridgehead atoms. The van der Waals surface area contributed by atoms with Gasteiger partial charge in [0.15, 0.2) is 0 Å². The van der Waals surface area contributed by atoms with Crippen LogP contribution in [0.4, 0.5) is 5.69 Å². The van der Waals surface area contributed by atoms with Gasteiger partial charge in [0.2, 0.25) is 5.91 Å². The normalized spacial score (nSPS) is 11.9. The first kappa shape index (κ1) is 20.2. The van der Waals surface area contributed by atoms with Crippen molar-refractivity contribution in [2.24, 2.45) is 7.05 Å². The second-order valence-corrected chi connectivity index (χ2v) is 6.54. The SMILES string of the molecule is Cc1c(NC(=O)CC(NCc2ccco2)C(=O)O)c(=O)n(-c2ccccc2)n1C. The first-order valence-corrected chi connectivity index (χ1v) is 9.01. The Morgan fingerprint density at radius 2 is 1.90 bits per heavy atom. The fourth-order valence-corrected chi connectivity index (χ4v) is 2.97. The Morgan fingerprint density at radius 1 is 1.17 bits per heavy atom. The van der Waals surface area contributed by atoms with Crippen LogP contribution >= 0.6 is 0 Å². The molecule has 0 radical (unpaired) electrons. The molecule has 3 N–H and O–H groups in total. The van der Waals surface area contributed by atoms with Crippen LogP contribution in [0.5, 0.6) is 0 Å². The molecule has 0 spiro atoms. The van der Waals surface area contributed by atoms with Gasteiger partial charge < -0.3 is 14.8 Å². The van der Waals surface area contributed by atoms with Gasteiger partial charge in [-0.05, 0) is 31.2 Å². The third kappa shape index (κ3) is 4.46. The van der Waals surface area contributed by atoms with Crippen molar-refractivity contribution in [3.63, 3.8) is 0 Å². The summed E-state index contributed by atoms with van der Waals surface area (Å²) in [7, 11) is 1.71. The molecule has 29 heavy (non-hydrogen) atoms. The maximum absolute atomic E-state index is 12.8. The average Bonchev–Trinajstić information content (AvgIpc) is 3.29. The summed E-state index contributed by atoms with van der Waals surface area (Å²) in [4.78, 5) is 36.8. The lowest BCUT2D eigenvalue weighted by Gasteiger charge is -2.13. The van der Waals surface area contributed by atoms with Gasteiger partial charge in [0, 0.05) is 7.05 Å². The van der Waals surface area contributed by atoms with Crippen molar-refractivity contribution in [3.8, 4) is 5.69 Å². The van der Waals surface area contributed by atoms with Gasteiger partial charge in [-0.15, -0.1) is 0 Å². The lowest BCUT2D eigenvalue weighted by atomic mass is 10.2. The topological polar surface area (TPSA) is 119 Å². The summed E-state index contributed by atoms with van der Waals surface area (Å²) in [5, 5.41) is 14.7. The van der Waals surface area contributed by atoms with Gasteiger partial charge in [-0.2, -0.15) is 0 Å². The Morgan fingerprint density at radius 3 is 2.52 bits per heavy atom. The molecule has 1 atom stereocenters. The number of aromatic nitrogens is 2. The number of hydrogen-bond acceptors (Lipinski definition) is 5. The maximum Gasteiger partial charge on any atom is 0.321 e. The van der Waals surface area contributed by atoms with E-state index >= 15 is 0 Å². The Labute approximate surface area is 166 Å². The molecule has 2 heterocycles. The number of anilines is 1. The molecule has 0 saturated heterocycles. The van der Waals surface area contributed by atoms with E-state index in [1.807, 2.05) is 18.2 Å². The van der Waals surface area contributed by atoms with E-state index in [9.17, 15) is 19.5 Å². The molecule has 3 aromatic rings. The van der Waals surface area contributed by atoms with Crippen molar-refractivity contribution >= 4 is 17.6 Å². The molecule has 1 aromatic carbocycles. The van der Waals surface area contributed by atoms with Crippen molar-refractivity contribution in [1.82, 2.24) is 14.7 Å². The van der Waals surface area contributed by atoms with Crippen LogP contribution in [0.1, 0.15) is 17.9 Å². The van der Waals surface area contributed by atoms with E-state index in [0.29, 0.717) is 17.1 Å². The molecular formula is C20H22N4O5. The number of carbonyl (C=O) groups excluding carboxylic acids is 1. The number of nitrogens with one attached hydrogen (secondary N) is 2. The van der Waals surface area contributed by atoms with Crippen molar-refractivity contribution in [1.29, 1.82) is 0 Å². The number of para-hydroxylation sites is 1. The zero-order valence-corrected chi connectivity index (χ0v) is 16.1. The Bertz CT molecular complexity index is 1050. The van der Waals surface area contributed by atoms with Crippen LogP contribution in [0, 0.1) is 6.92 Å². The lowest BCUT2D eigenvalue weighted by molar-refractivity contribution is -0.141. The second kappa shape index (κ2) is 8.61. The number of carboxylic acids is 1. The minimum Gasteiger partial charge on any atom is -0.480 e. The largest absolute Gasteiger partial charge is 0.480 e. The van der Waals surface area contributed by atoms with Crippen LogP contribution in [0.15, 0.2) is 57.9 Å². The number of furan rings is 1. The number of amides is 1. The standard InChI is InChI=1S/C20H22N4O5/c1-13-18(19(26)24(23(13)2)14-7-4-3-5-8-14)22-17(25)11-16(20(27)28)21-12-15-9-6-10-29-15/h3-10,16,21H,11-12H2,1-2H3,(H,22,25)(H,27,28). The lowest BCUT2D eigenvalue weighted by Crippen LogP contribution is -2.39. The molecule has 1 unspecified atom stereocenters. The van der Waals surface area contributed by atoms with Gasteiger partial charge in [-0.1, -0.05) is 18.2 Å². The fraction of sp³-hybridized carbons (Fsp3) is 0.250. The molecule has 0 aliphatic heterocycles. The number of benzene rings is 1. The van der Waals surface area contributed by atoms with E-state index in [0.717, 1.165) is 0 Å². The summed E-state index contributed by atoms with van der Waals surface area (Å²) in [6, 6.07) is 11.3. The van der Waals surface area contributed by atoms with Crippen LogP contribution in [0.2, 0.25) is 0 Å². The van der Waals surface area contributed by atoms with Crippen LogP contribution in [0.25, 0.3) is 5.69 Å². The van der Waals surface area contributed by atoms with Crippen molar-refractivity contribution in [2.75, 3.05) is 5.32 Å². The molecule has 152 valence electrons. The molecule has 0 aliphatic carbocycles. The van der Waals surface area contributed by atoms with E-state index in [1.165, 1.54) is 10.9 Å². The maximum atomic E-state index is 12.8. The average molecular weight is 398 g/mol. The summed E-state index contributed by atoms with van der Waals surface area (Å²) in [6.45, 7) is 1.88. The van der Waals surface area contributed by atoms with Crippen LogP contribution in [-0.4, -0.2) is 32.4 Å². The van der Waals surface area contributed by atoms with Crippen molar-refractivity contribution in [3.05, 3.63) is 70.5 Å². The smallest absolute Gasteiger partial charge is 0.321 e. The molecule has 3 rings (SSSR count). The van der Waals surface area contributed by atoms with Gasteiger partial charge in [-0.3, -0.25) is 24.4 Å². The first-order chi connectivity index (χ1) is 13.9. The number of aliphatic carboxylic acids is 1. The van der Waals surface area contributed by atoms with Crippen LogP contribution < -0.4 is 16.2 Å². The highest BCUT2D eigenvalue weighted by atomic mass is 16.4. The molecule has 9 heteroatoms. The van der Waals surface area contributed by atoms with E-state index in [2.05, 4.69) is 10.6 Å². The van der Waals surface area contributed by atoms with Crippen molar-refractivity contribution in [2.45, 2.75) is 25.9 Å². The van der Waals surface area contributed by atoms with E-state index in [1.54, 1.807) is 42.9 Å². The molecule has 9 nitrogen and oxygen atoms in total. The number of nitrogens with zero attached hydrogens (tertiary/aromatic N) is 2. The first-order valence-electron chi connectivity index (χ1n) is 9.01. The molecule has 1 amide bonds. The van der Waals surface area contributed by atoms with E-state index < -0.39 is 17.9 Å². The molecule has 2 aromatic heterocycles. The van der Waals surface area contributed by atoms with E-state index in [-0.39, 0.29) is 24.2 Å². The number of rotatable bonds is 8. The third-order valence-corrected chi connectivity index (χ3v) is 4.61. The summed E-state index contributed by atoms with van der Waals surface area (Å²) in [5.41, 5.74) is 0.950. The summed E-state index contributed by atoms with van der Waals surface area (Å²) >= 11 is 0. The highest BCUT2D eigenvalue weighted by Gasteiger charge is 2.24. The zero-order valence-electron chi connectivity index (χ0n) is 16.1. The highest BCUT2D eigenvalue weighted by Crippen LogP contribution is 2.14. The van der Waals surface area contributed by atoms with Gasteiger partial charge in [0.25, 0.3) is 5.56 Å². The van der Waals surface area contributed by atoms with Gasteiger partial charge in [0.05, 0.1) is 30.6 Å². The number of hydrogen-bond donors (Lipinski definition) is 3. The third-order valence-electron chi connectivity index (χ3n) is 4.61. The quantitative estimate of drug-likeness (QED) is 0.531. The summed E-state index contributed by atoms with van der Waals surface area (Å²) in [5.74, 6) is -1.19. The minimum atomic E-state index is -1.17. The molecule has 0 saturated carbocycles. The zero-order chi connectivity index (χ0) is 21.0. The highest BCUT2D eigenvalue weighted by molar-refractivity contribution is 5.94. The van der Waals surface area contributed by atoms with Gasteiger partial charge >= 0.3 is 5.97 Å². The Hall–Kier alpha value is -3.59. The van der Waals surface area contributed by atoms with Gasteiger partial charge in [0.1, 0.15) is 17.5 Å². The van der Waals surface area contributed by atoms with Crippen LogP contribution in [-0.2, 0) is 23.2 Å². The molecular weight excluding hydrogens is 376 g/mol. The summed E-state index contributed by atoms with van der Waals surface area (Å²) < 4.78 is 8.23. The Balaban J connectivity index is 1.74. The monoisotopic (exact) mass is 398 g/mol. The molecule has 0 fully saturated rings. The predicted octanol–water partition coefficient (Wildman–Crippen LogP) is 1.65. The molecule has 0 aliphatic rings. The fourth-order valence-electron chi connectivity index (χ4n) is 2.97. The second-order valence-electron chi connectivity index (χ2n) is 6.54. The Kier molecular flexibility index (Phi) is 5.99. The number of carboxylic acid groups (broad SMARTS) is 1. The minimum absolute atomic E-state index is 0.122. The van der Waals surface area contributed by atoms with Crippen molar-refractivity contribution < 1.29 is 19.1 Å². The summed E-state index contributed by atoms with van der Waals surface area (Å²) in [6.07, 6.45) is 1.14. The van der Waals surface area contributed by atoms with Crippen LogP contribution in [0.3, 0.4) is 0 Å².